The van der Waals surface area contributed by atoms with E-state index in [4.69, 9.17) is 9.47 Å². The zero-order valence-corrected chi connectivity index (χ0v) is 12.1. The van der Waals surface area contributed by atoms with Crippen LogP contribution in [-0.2, 0) is 11.2 Å². The summed E-state index contributed by atoms with van der Waals surface area (Å²) in [5, 5.41) is 3.85. The van der Waals surface area contributed by atoms with Crippen LogP contribution in [0.5, 0.6) is 11.5 Å². The maximum Gasteiger partial charge on any atom is 0.236 e. The molecule has 5 nitrogen and oxygen atoms in total. The van der Waals surface area contributed by atoms with Gasteiger partial charge < -0.3 is 9.47 Å². The molecule has 1 aromatic carbocycles. The third-order valence-electron chi connectivity index (χ3n) is 2.46. The monoisotopic (exact) mass is 276 g/mol. The highest BCUT2D eigenvalue weighted by Crippen LogP contribution is 2.33. The molecule has 0 unspecified atom stereocenters. The van der Waals surface area contributed by atoms with Crippen molar-refractivity contribution in [1.82, 2.24) is 5.43 Å². The summed E-state index contributed by atoms with van der Waals surface area (Å²) in [5.74, 6) is 1.13. The SMILES string of the molecule is C=CCc1cc(/C=N\NC(C)=O)cc(OC)c1OCC. The smallest absolute Gasteiger partial charge is 0.236 e. The number of nitrogens with zero attached hydrogens (tertiary/aromatic N) is 1. The Hall–Kier alpha value is -2.30. The first-order valence-corrected chi connectivity index (χ1v) is 6.36. The van der Waals surface area contributed by atoms with Gasteiger partial charge in [0.15, 0.2) is 11.5 Å². The van der Waals surface area contributed by atoms with Gasteiger partial charge in [0.25, 0.3) is 0 Å². The van der Waals surface area contributed by atoms with E-state index in [-0.39, 0.29) is 5.91 Å². The van der Waals surface area contributed by atoms with Gasteiger partial charge >= 0.3 is 0 Å². The van der Waals surface area contributed by atoms with E-state index >= 15 is 0 Å². The molecule has 0 aliphatic carbocycles. The summed E-state index contributed by atoms with van der Waals surface area (Å²) in [4.78, 5) is 10.8. The van der Waals surface area contributed by atoms with Crippen LogP contribution in [0.3, 0.4) is 0 Å². The van der Waals surface area contributed by atoms with Gasteiger partial charge in [-0.15, -0.1) is 6.58 Å². The molecule has 0 aliphatic rings. The average molecular weight is 276 g/mol. The molecule has 0 spiro atoms. The Bertz CT molecular complexity index is 510. The van der Waals surface area contributed by atoms with Crippen molar-refractivity contribution >= 4 is 12.1 Å². The van der Waals surface area contributed by atoms with Crippen molar-refractivity contribution in [3.63, 3.8) is 0 Å². The zero-order valence-electron chi connectivity index (χ0n) is 12.1. The lowest BCUT2D eigenvalue weighted by molar-refractivity contribution is -0.118. The van der Waals surface area contributed by atoms with Gasteiger partial charge in [0.05, 0.1) is 19.9 Å². The second-order valence-corrected chi connectivity index (χ2v) is 4.06. The van der Waals surface area contributed by atoms with Gasteiger partial charge in [-0.1, -0.05) is 6.08 Å². The second kappa shape index (κ2) is 7.99. The number of nitrogens with one attached hydrogen (secondary N) is 1. The van der Waals surface area contributed by atoms with E-state index in [0.29, 0.717) is 24.5 Å². The standard InChI is InChI=1S/C15H20N2O3/c1-5-7-13-8-12(10-16-17-11(3)18)9-14(19-4)15(13)20-6-2/h5,8-10H,1,6-7H2,2-4H3,(H,17,18)/b16-10-. The molecule has 0 bridgehead atoms. The number of rotatable bonds is 7. The van der Waals surface area contributed by atoms with Crippen molar-refractivity contribution in [2.75, 3.05) is 13.7 Å². The van der Waals surface area contributed by atoms with Crippen LogP contribution in [0.1, 0.15) is 25.0 Å². The number of carbonyl (C=O) groups excluding carboxylic acids is 1. The normalized spacial score (nSPS) is 10.3. The molecule has 0 saturated heterocycles. The Kier molecular flexibility index (Phi) is 6.29. The molecule has 0 saturated carbocycles. The number of allylic oxidation sites excluding steroid dienone is 1. The van der Waals surface area contributed by atoms with Gasteiger partial charge in [0.2, 0.25) is 5.91 Å². The quantitative estimate of drug-likeness (QED) is 0.472. The highest BCUT2D eigenvalue weighted by atomic mass is 16.5. The summed E-state index contributed by atoms with van der Waals surface area (Å²) in [6, 6.07) is 3.74. The van der Waals surface area contributed by atoms with Crippen LogP contribution in [0.15, 0.2) is 29.9 Å². The van der Waals surface area contributed by atoms with Crippen molar-refractivity contribution in [3.05, 3.63) is 35.9 Å². The molecule has 0 atom stereocenters. The average Bonchev–Trinajstić information content (AvgIpc) is 2.41. The first-order chi connectivity index (χ1) is 9.62. The van der Waals surface area contributed by atoms with Gasteiger partial charge in [0.1, 0.15) is 0 Å². The number of hydrazone groups is 1. The predicted octanol–water partition coefficient (Wildman–Crippen LogP) is 2.29. The lowest BCUT2D eigenvalue weighted by Crippen LogP contribution is -2.12. The van der Waals surface area contributed by atoms with Crippen molar-refractivity contribution in [2.45, 2.75) is 20.3 Å². The minimum absolute atomic E-state index is 0.217. The number of hydrogen-bond donors (Lipinski definition) is 1. The number of ether oxygens (including phenoxy) is 2. The maximum atomic E-state index is 10.8. The summed E-state index contributed by atoms with van der Waals surface area (Å²) in [7, 11) is 1.59. The molecule has 20 heavy (non-hydrogen) atoms. The fourth-order valence-electron chi connectivity index (χ4n) is 1.72. The van der Waals surface area contributed by atoms with E-state index in [2.05, 4.69) is 17.1 Å². The Morgan fingerprint density at radius 1 is 1.50 bits per heavy atom. The molecule has 5 heteroatoms. The van der Waals surface area contributed by atoms with Crippen LogP contribution in [0.25, 0.3) is 0 Å². The number of hydrogen-bond acceptors (Lipinski definition) is 4. The molecule has 0 radical (unpaired) electrons. The van der Waals surface area contributed by atoms with Crippen molar-refractivity contribution in [3.8, 4) is 11.5 Å². The summed E-state index contributed by atoms with van der Waals surface area (Å²) >= 11 is 0. The van der Waals surface area contributed by atoms with Gasteiger partial charge in [-0.2, -0.15) is 5.10 Å². The fourth-order valence-corrected chi connectivity index (χ4v) is 1.72. The number of amides is 1. The first-order valence-electron chi connectivity index (χ1n) is 6.36. The van der Waals surface area contributed by atoms with Crippen LogP contribution in [0.2, 0.25) is 0 Å². The third kappa shape index (κ3) is 4.42. The largest absolute Gasteiger partial charge is 0.493 e. The van der Waals surface area contributed by atoms with Gasteiger partial charge in [-0.3, -0.25) is 4.79 Å². The number of carbonyl (C=O) groups is 1. The van der Waals surface area contributed by atoms with E-state index in [0.717, 1.165) is 11.1 Å². The Morgan fingerprint density at radius 2 is 2.25 bits per heavy atom. The summed E-state index contributed by atoms with van der Waals surface area (Å²) in [6.45, 7) is 7.62. The third-order valence-corrected chi connectivity index (χ3v) is 2.46. The van der Waals surface area contributed by atoms with Gasteiger partial charge in [-0.05, 0) is 31.0 Å². The highest BCUT2D eigenvalue weighted by molar-refractivity contribution is 5.83. The Labute approximate surface area is 119 Å². The van der Waals surface area contributed by atoms with Gasteiger partial charge in [-0.25, -0.2) is 5.43 Å². The molecule has 1 rings (SSSR count). The van der Waals surface area contributed by atoms with E-state index < -0.39 is 0 Å². The van der Waals surface area contributed by atoms with E-state index in [1.165, 1.54) is 6.92 Å². The topological polar surface area (TPSA) is 59.9 Å². The molecule has 1 aromatic rings. The van der Waals surface area contributed by atoms with Crippen molar-refractivity contribution in [1.29, 1.82) is 0 Å². The molecule has 0 aliphatic heterocycles. The Morgan fingerprint density at radius 3 is 2.80 bits per heavy atom. The molecule has 1 amide bonds. The second-order valence-electron chi connectivity index (χ2n) is 4.06. The van der Waals surface area contributed by atoms with Crippen LogP contribution in [0.4, 0.5) is 0 Å². The van der Waals surface area contributed by atoms with Crippen LogP contribution < -0.4 is 14.9 Å². The van der Waals surface area contributed by atoms with Crippen LogP contribution in [-0.4, -0.2) is 25.8 Å². The molecule has 108 valence electrons. The lowest BCUT2D eigenvalue weighted by Gasteiger charge is -2.14. The molecular weight excluding hydrogens is 256 g/mol. The minimum Gasteiger partial charge on any atom is -0.493 e. The highest BCUT2D eigenvalue weighted by Gasteiger charge is 2.11. The van der Waals surface area contributed by atoms with E-state index in [1.54, 1.807) is 19.4 Å². The molecule has 0 heterocycles. The van der Waals surface area contributed by atoms with Crippen LogP contribution in [0, 0.1) is 0 Å². The molecular formula is C15H20N2O3. The van der Waals surface area contributed by atoms with Crippen molar-refractivity contribution in [2.24, 2.45) is 5.10 Å². The molecule has 0 aromatic heterocycles. The predicted molar refractivity (Wildman–Crippen MR) is 79.5 cm³/mol. The summed E-state index contributed by atoms with van der Waals surface area (Å²) in [6.07, 6.45) is 4.02. The molecule has 1 N–H and O–H groups in total. The summed E-state index contributed by atoms with van der Waals surface area (Å²) in [5.41, 5.74) is 4.14. The van der Waals surface area contributed by atoms with E-state index in [9.17, 15) is 4.79 Å². The Balaban J connectivity index is 3.14. The number of benzene rings is 1. The minimum atomic E-state index is -0.217. The number of methoxy groups -OCH3 is 1. The van der Waals surface area contributed by atoms with E-state index in [1.807, 2.05) is 19.1 Å². The van der Waals surface area contributed by atoms with Crippen molar-refractivity contribution < 1.29 is 14.3 Å². The first kappa shape index (κ1) is 15.8. The zero-order chi connectivity index (χ0) is 15.0. The maximum absolute atomic E-state index is 10.8. The van der Waals surface area contributed by atoms with Gasteiger partial charge in [0, 0.05) is 12.5 Å². The lowest BCUT2D eigenvalue weighted by atomic mass is 10.1. The molecule has 0 fully saturated rings. The fraction of sp³-hybridized carbons (Fsp3) is 0.333. The summed E-state index contributed by atoms with van der Waals surface area (Å²) < 4.78 is 11.0. The van der Waals surface area contributed by atoms with Crippen LogP contribution >= 0.6 is 0 Å².